The Morgan fingerprint density at radius 2 is 1.91 bits per heavy atom. The van der Waals surface area contributed by atoms with Crippen LogP contribution >= 0.6 is 34.5 Å². The summed E-state index contributed by atoms with van der Waals surface area (Å²) in [4.78, 5) is 3.29. The van der Waals surface area contributed by atoms with Crippen molar-refractivity contribution >= 4 is 34.5 Å². The lowest BCUT2D eigenvalue weighted by Gasteiger charge is -2.35. The third-order valence-corrected chi connectivity index (χ3v) is 5.59. The molecule has 1 aromatic heterocycles. The monoisotopic (exact) mass is 358 g/mol. The summed E-state index contributed by atoms with van der Waals surface area (Å²) in [6.45, 7) is 5.25. The molecule has 118 valence electrons. The van der Waals surface area contributed by atoms with Crippen LogP contribution in [0.2, 0.25) is 9.36 Å². The maximum atomic E-state index is 14.8. The highest BCUT2D eigenvalue weighted by molar-refractivity contribution is 7.16. The summed E-state index contributed by atoms with van der Waals surface area (Å²) in [5.41, 5.74) is 1.17. The zero-order valence-electron chi connectivity index (χ0n) is 12.2. The van der Waals surface area contributed by atoms with Gasteiger partial charge in [-0.1, -0.05) is 29.3 Å². The van der Waals surface area contributed by atoms with Gasteiger partial charge in [-0.25, -0.2) is 4.39 Å². The molecule has 3 rings (SSSR count). The molecule has 2 aromatic rings. The van der Waals surface area contributed by atoms with Crippen molar-refractivity contribution in [2.24, 2.45) is 0 Å². The first-order valence-electron chi connectivity index (χ1n) is 7.22. The van der Waals surface area contributed by atoms with E-state index < -0.39 is 0 Å². The van der Waals surface area contributed by atoms with Crippen molar-refractivity contribution in [3.8, 4) is 0 Å². The second kappa shape index (κ2) is 6.85. The number of hydrogen-bond donors (Lipinski definition) is 1. The van der Waals surface area contributed by atoms with E-state index in [0.29, 0.717) is 20.5 Å². The molecular formula is C16H17Cl2FN2S. The highest BCUT2D eigenvalue weighted by Gasteiger charge is 2.30. The summed E-state index contributed by atoms with van der Waals surface area (Å²) < 4.78 is 15.5. The third kappa shape index (κ3) is 3.17. The molecule has 0 spiro atoms. The molecule has 1 N–H and O–H groups in total. The number of benzene rings is 1. The molecule has 1 aliphatic rings. The van der Waals surface area contributed by atoms with Crippen molar-refractivity contribution in [2.75, 3.05) is 26.2 Å². The largest absolute Gasteiger partial charge is 0.314 e. The topological polar surface area (TPSA) is 15.3 Å². The highest BCUT2D eigenvalue weighted by atomic mass is 35.5. The van der Waals surface area contributed by atoms with E-state index in [2.05, 4.69) is 10.2 Å². The quantitative estimate of drug-likeness (QED) is 0.868. The van der Waals surface area contributed by atoms with Crippen LogP contribution in [0.3, 0.4) is 0 Å². The van der Waals surface area contributed by atoms with E-state index >= 15 is 0 Å². The van der Waals surface area contributed by atoms with Crippen LogP contribution in [0.25, 0.3) is 0 Å². The summed E-state index contributed by atoms with van der Waals surface area (Å²) in [5.74, 6) is -0.222. The SMILES string of the molecule is Cc1ccc(Cl)c([C@H](c2ccc(Cl)s2)N2CCNCC2)c1F. The summed E-state index contributed by atoms with van der Waals surface area (Å²) >= 11 is 13.9. The number of nitrogens with zero attached hydrogens (tertiary/aromatic N) is 1. The lowest BCUT2D eigenvalue weighted by molar-refractivity contribution is 0.197. The van der Waals surface area contributed by atoms with Gasteiger partial charge in [0.05, 0.1) is 10.4 Å². The summed E-state index contributed by atoms with van der Waals surface area (Å²) in [5, 5.41) is 3.80. The number of nitrogens with one attached hydrogen (secondary N) is 1. The van der Waals surface area contributed by atoms with Crippen molar-refractivity contribution < 1.29 is 4.39 Å². The first-order valence-corrected chi connectivity index (χ1v) is 8.79. The van der Waals surface area contributed by atoms with Crippen LogP contribution in [-0.2, 0) is 0 Å². The molecule has 6 heteroatoms. The van der Waals surface area contributed by atoms with E-state index in [9.17, 15) is 4.39 Å². The van der Waals surface area contributed by atoms with Crippen molar-refractivity contribution in [3.63, 3.8) is 0 Å². The molecule has 0 aliphatic carbocycles. The maximum Gasteiger partial charge on any atom is 0.132 e. The van der Waals surface area contributed by atoms with Crippen LogP contribution in [0.5, 0.6) is 0 Å². The van der Waals surface area contributed by atoms with Gasteiger partial charge in [0.15, 0.2) is 0 Å². The standard InChI is InChI=1S/C16H17Cl2FN2S/c1-10-2-3-11(17)14(15(10)19)16(12-4-5-13(18)22-12)21-8-6-20-7-9-21/h2-5,16,20H,6-9H2,1H3/t16-/m0/s1. The molecule has 1 atom stereocenters. The van der Waals surface area contributed by atoms with Gasteiger partial charge in [-0.05, 0) is 30.7 Å². The molecule has 0 bridgehead atoms. The predicted octanol–water partition coefficient (Wildman–Crippen LogP) is 4.50. The lowest BCUT2D eigenvalue weighted by Crippen LogP contribution is -2.45. The molecule has 22 heavy (non-hydrogen) atoms. The van der Waals surface area contributed by atoms with E-state index in [-0.39, 0.29) is 11.9 Å². The van der Waals surface area contributed by atoms with Crippen LogP contribution in [0.4, 0.5) is 4.39 Å². The van der Waals surface area contributed by atoms with E-state index in [1.165, 1.54) is 11.3 Å². The Morgan fingerprint density at radius 3 is 2.55 bits per heavy atom. The normalized spacial score (nSPS) is 17.6. The van der Waals surface area contributed by atoms with Crippen molar-refractivity contribution in [1.29, 1.82) is 0 Å². The van der Waals surface area contributed by atoms with Crippen molar-refractivity contribution in [1.82, 2.24) is 10.2 Å². The van der Waals surface area contributed by atoms with Gasteiger partial charge in [-0.15, -0.1) is 11.3 Å². The van der Waals surface area contributed by atoms with Crippen molar-refractivity contribution in [2.45, 2.75) is 13.0 Å². The van der Waals surface area contributed by atoms with Gasteiger partial charge in [-0.3, -0.25) is 4.90 Å². The highest BCUT2D eigenvalue weighted by Crippen LogP contribution is 2.40. The minimum absolute atomic E-state index is 0.188. The first-order chi connectivity index (χ1) is 10.6. The fourth-order valence-corrected chi connectivity index (χ4v) is 4.30. The van der Waals surface area contributed by atoms with E-state index in [1.807, 2.05) is 12.1 Å². The van der Waals surface area contributed by atoms with Gasteiger partial charge < -0.3 is 5.32 Å². The molecule has 1 fully saturated rings. The van der Waals surface area contributed by atoms with Crippen molar-refractivity contribution in [3.05, 3.63) is 55.4 Å². The molecule has 2 nitrogen and oxygen atoms in total. The van der Waals surface area contributed by atoms with E-state index in [1.54, 1.807) is 19.1 Å². The molecule has 1 aliphatic heterocycles. The lowest BCUT2D eigenvalue weighted by atomic mass is 9.99. The zero-order valence-corrected chi connectivity index (χ0v) is 14.5. The Bertz CT molecular complexity index is 668. The smallest absolute Gasteiger partial charge is 0.132 e. The Kier molecular flexibility index (Phi) is 5.05. The molecule has 1 saturated heterocycles. The number of piperazine rings is 1. The van der Waals surface area contributed by atoms with Crippen LogP contribution in [0.15, 0.2) is 24.3 Å². The van der Waals surface area contributed by atoms with Gasteiger partial charge >= 0.3 is 0 Å². The molecule has 1 aromatic carbocycles. The van der Waals surface area contributed by atoms with Crippen LogP contribution in [0.1, 0.15) is 22.0 Å². The zero-order chi connectivity index (χ0) is 15.7. The van der Waals surface area contributed by atoms with Gasteiger partial charge in [0, 0.05) is 41.6 Å². The predicted molar refractivity (Wildman–Crippen MR) is 91.8 cm³/mol. The summed E-state index contributed by atoms with van der Waals surface area (Å²) in [7, 11) is 0. The van der Waals surface area contributed by atoms with Crippen LogP contribution in [-0.4, -0.2) is 31.1 Å². The Labute approximate surface area is 143 Å². The number of halogens is 3. The number of thiophene rings is 1. The maximum absolute atomic E-state index is 14.8. The Morgan fingerprint density at radius 1 is 1.18 bits per heavy atom. The third-order valence-electron chi connectivity index (χ3n) is 3.97. The Hall–Kier alpha value is -0.650. The van der Waals surface area contributed by atoms with E-state index in [0.717, 1.165) is 31.1 Å². The fourth-order valence-electron chi connectivity index (χ4n) is 2.85. The second-order valence-electron chi connectivity index (χ2n) is 5.42. The molecule has 0 amide bonds. The van der Waals surface area contributed by atoms with E-state index in [4.69, 9.17) is 23.2 Å². The molecule has 0 unspecified atom stereocenters. The minimum Gasteiger partial charge on any atom is -0.314 e. The first kappa shape index (κ1) is 16.2. The summed E-state index contributed by atoms with van der Waals surface area (Å²) in [6.07, 6.45) is 0. The van der Waals surface area contributed by atoms with Gasteiger partial charge in [0.2, 0.25) is 0 Å². The molecule has 0 radical (unpaired) electrons. The fraction of sp³-hybridized carbons (Fsp3) is 0.375. The minimum atomic E-state index is -0.222. The average Bonchev–Trinajstić information content (AvgIpc) is 2.94. The molecule has 2 heterocycles. The molecule has 0 saturated carbocycles. The second-order valence-corrected chi connectivity index (χ2v) is 7.58. The Balaban J connectivity index is 2.11. The van der Waals surface area contributed by atoms with Gasteiger partial charge in [0.1, 0.15) is 5.82 Å². The van der Waals surface area contributed by atoms with Crippen LogP contribution in [0, 0.1) is 12.7 Å². The number of rotatable bonds is 3. The summed E-state index contributed by atoms with van der Waals surface area (Å²) in [6, 6.07) is 7.14. The molecular weight excluding hydrogens is 342 g/mol. The van der Waals surface area contributed by atoms with Gasteiger partial charge in [0.25, 0.3) is 0 Å². The number of hydrogen-bond acceptors (Lipinski definition) is 3. The van der Waals surface area contributed by atoms with Gasteiger partial charge in [-0.2, -0.15) is 0 Å². The average molecular weight is 359 g/mol. The number of aryl methyl sites for hydroxylation is 1. The van der Waals surface area contributed by atoms with Crippen LogP contribution < -0.4 is 5.32 Å².